The number of hydrogen-bond acceptors (Lipinski definition) is 6. The fourth-order valence-corrected chi connectivity index (χ4v) is 4.07. The number of piperazine rings is 1. The van der Waals surface area contributed by atoms with Crippen LogP contribution in [0, 0.1) is 6.92 Å². The predicted molar refractivity (Wildman–Crippen MR) is 134 cm³/mol. The second-order valence-corrected chi connectivity index (χ2v) is 9.01. The normalized spacial score (nSPS) is 14.3. The van der Waals surface area contributed by atoms with Gasteiger partial charge < -0.3 is 14.4 Å². The summed E-state index contributed by atoms with van der Waals surface area (Å²) in [6.07, 6.45) is 1.58. The van der Waals surface area contributed by atoms with Gasteiger partial charge in [0.05, 0.1) is 6.10 Å². The van der Waals surface area contributed by atoms with E-state index in [1.54, 1.807) is 18.3 Å². The van der Waals surface area contributed by atoms with Crippen LogP contribution in [0.15, 0.2) is 66.9 Å². The van der Waals surface area contributed by atoms with E-state index in [0.29, 0.717) is 18.0 Å². The van der Waals surface area contributed by atoms with Crippen LogP contribution >= 0.6 is 0 Å². The van der Waals surface area contributed by atoms with Gasteiger partial charge in [0.1, 0.15) is 23.7 Å². The molecule has 1 fully saturated rings. The monoisotopic (exact) mass is 459 g/mol. The number of pyridine rings is 1. The van der Waals surface area contributed by atoms with Crippen molar-refractivity contribution in [3.63, 3.8) is 0 Å². The molecule has 1 aliphatic heterocycles. The number of aromatic nitrogens is 1. The number of carbonyl (C=O) groups excluding carboxylic acids is 1. The summed E-state index contributed by atoms with van der Waals surface area (Å²) in [5, 5.41) is 0. The molecule has 0 N–H and O–H groups in total. The van der Waals surface area contributed by atoms with E-state index in [4.69, 9.17) is 9.47 Å². The number of ether oxygens (including phenoxy) is 2. The Labute approximate surface area is 202 Å². The zero-order valence-electron chi connectivity index (χ0n) is 20.2. The van der Waals surface area contributed by atoms with E-state index in [1.165, 1.54) is 11.1 Å². The molecule has 0 unspecified atom stereocenters. The fourth-order valence-electron chi connectivity index (χ4n) is 4.07. The van der Waals surface area contributed by atoms with Gasteiger partial charge in [-0.1, -0.05) is 36.4 Å². The minimum atomic E-state index is -0.313. The van der Waals surface area contributed by atoms with Gasteiger partial charge in [-0.2, -0.15) is 0 Å². The molecule has 178 valence electrons. The highest BCUT2D eigenvalue weighted by Gasteiger charge is 2.23. The van der Waals surface area contributed by atoms with Crippen molar-refractivity contribution in [2.75, 3.05) is 31.1 Å². The highest BCUT2D eigenvalue weighted by molar-refractivity contribution is 5.94. The van der Waals surface area contributed by atoms with Crippen LogP contribution in [0.25, 0.3) is 0 Å². The lowest BCUT2D eigenvalue weighted by atomic mass is 10.1. The molecule has 1 aliphatic rings. The zero-order valence-corrected chi connectivity index (χ0v) is 20.2. The predicted octanol–water partition coefficient (Wildman–Crippen LogP) is 4.86. The van der Waals surface area contributed by atoms with E-state index in [0.717, 1.165) is 44.0 Å². The minimum absolute atomic E-state index is 0.155. The molecule has 0 saturated carbocycles. The topological polar surface area (TPSA) is 54.9 Å². The molecular weight excluding hydrogens is 426 g/mol. The van der Waals surface area contributed by atoms with E-state index in [-0.39, 0.29) is 12.1 Å². The summed E-state index contributed by atoms with van der Waals surface area (Å²) in [6.45, 7) is 10.7. The molecule has 1 aromatic heterocycles. The highest BCUT2D eigenvalue weighted by atomic mass is 16.5. The number of aryl methyl sites for hydroxylation is 1. The van der Waals surface area contributed by atoms with E-state index in [2.05, 4.69) is 58.1 Å². The van der Waals surface area contributed by atoms with Crippen molar-refractivity contribution in [2.45, 2.75) is 40.0 Å². The van der Waals surface area contributed by atoms with E-state index < -0.39 is 0 Å². The van der Waals surface area contributed by atoms with Crippen molar-refractivity contribution >= 4 is 11.8 Å². The Bertz CT molecular complexity index is 1090. The van der Waals surface area contributed by atoms with Crippen molar-refractivity contribution in [3.8, 4) is 5.75 Å². The molecule has 2 aromatic carbocycles. The van der Waals surface area contributed by atoms with Crippen LogP contribution in [-0.2, 0) is 17.9 Å². The molecule has 0 aliphatic carbocycles. The lowest BCUT2D eigenvalue weighted by molar-refractivity contribution is 0.0378. The van der Waals surface area contributed by atoms with Gasteiger partial charge in [0.2, 0.25) is 0 Å². The summed E-state index contributed by atoms with van der Waals surface area (Å²) in [7, 11) is 0. The summed E-state index contributed by atoms with van der Waals surface area (Å²) < 4.78 is 11.3. The number of benzene rings is 2. The molecular formula is C28H33N3O3. The third kappa shape index (κ3) is 6.35. The summed E-state index contributed by atoms with van der Waals surface area (Å²) in [6, 6.07) is 20.3. The Hall–Kier alpha value is -3.38. The molecule has 6 heteroatoms. The molecule has 6 nitrogen and oxygen atoms in total. The first kappa shape index (κ1) is 23.8. The number of hydrogen-bond donors (Lipinski definition) is 0. The van der Waals surface area contributed by atoms with Crippen LogP contribution in [0.4, 0.5) is 5.82 Å². The lowest BCUT2D eigenvalue weighted by Crippen LogP contribution is -2.46. The highest BCUT2D eigenvalue weighted by Crippen LogP contribution is 2.21. The van der Waals surface area contributed by atoms with Crippen LogP contribution in [0.5, 0.6) is 5.75 Å². The lowest BCUT2D eigenvalue weighted by Gasteiger charge is -2.36. The second kappa shape index (κ2) is 11.2. The Balaban J connectivity index is 1.29. The summed E-state index contributed by atoms with van der Waals surface area (Å²) >= 11 is 0. The number of esters is 1. The molecule has 0 atom stereocenters. The Morgan fingerprint density at radius 1 is 0.971 bits per heavy atom. The van der Waals surface area contributed by atoms with Crippen LogP contribution in [0.2, 0.25) is 0 Å². The molecule has 0 bridgehead atoms. The second-order valence-electron chi connectivity index (χ2n) is 9.01. The average Bonchev–Trinajstić information content (AvgIpc) is 2.84. The van der Waals surface area contributed by atoms with Crippen molar-refractivity contribution < 1.29 is 14.3 Å². The fraction of sp³-hybridized carbons (Fsp3) is 0.357. The summed E-state index contributed by atoms with van der Waals surface area (Å²) in [5.41, 5.74) is 4.17. The maximum absolute atomic E-state index is 12.5. The molecule has 1 saturated heterocycles. The SMILES string of the molecule is Cc1cccc(OCc2ccc(CN3CCN(c4ncccc4C(=O)OC(C)C)CC3)cc2)c1. The quantitative estimate of drug-likeness (QED) is 0.449. The van der Waals surface area contributed by atoms with E-state index in [9.17, 15) is 4.79 Å². The maximum atomic E-state index is 12.5. The van der Waals surface area contributed by atoms with Gasteiger partial charge >= 0.3 is 5.97 Å². The molecule has 34 heavy (non-hydrogen) atoms. The van der Waals surface area contributed by atoms with Crippen molar-refractivity contribution in [1.29, 1.82) is 0 Å². The van der Waals surface area contributed by atoms with Crippen molar-refractivity contribution in [2.24, 2.45) is 0 Å². The van der Waals surface area contributed by atoms with Crippen molar-refractivity contribution in [3.05, 3.63) is 89.1 Å². The Morgan fingerprint density at radius 3 is 2.41 bits per heavy atom. The zero-order chi connectivity index (χ0) is 23.9. The van der Waals surface area contributed by atoms with Crippen LogP contribution in [0.1, 0.15) is 40.9 Å². The average molecular weight is 460 g/mol. The third-order valence-corrected chi connectivity index (χ3v) is 5.85. The van der Waals surface area contributed by atoms with Gasteiger partial charge in [-0.15, -0.1) is 0 Å². The number of nitrogens with zero attached hydrogens (tertiary/aromatic N) is 3. The third-order valence-electron chi connectivity index (χ3n) is 5.85. The van der Waals surface area contributed by atoms with Gasteiger partial charge in [-0.3, -0.25) is 4.90 Å². The molecule has 0 amide bonds. The summed E-state index contributed by atoms with van der Waals surface area (Å²) in [4.78, 5) is 21.6. The largest absolute Gasteiger partial charge is 0.489 e. The number of rotatable bonds is 8. The molecule has 4 rings (SSSR count). The first-order chi connectivity index (χ1) is 16.5. The smallest absolute Gasteiger partial charge is 0.342 e. The van der Waals surface area contributed by atoms with E-state index >= 15 is 0 Å². The molecule has 2 heterocycles. The van der Waals surface area contributed by atoms with Crippen LogP contribution in [0.3, 0.4) is 0 Å². The van der Waals surface area contributed by atoms with Crippen LogP contribution in [-0.4, -0.2) is 48.1 Å². The minimum Gasteiger partial charge on any atom is -0.489 e. The maximum Gasteiger partial charge on any atom is 0.342 e. The summed E-state index contributed by atoms with van der Waals surface area (Å²) in [5.74, 6) is 1.30. The number of carbonyl (C=O) groups is 1. The van der Waals surface area contributed by atoms with Gasteiger partial charge in [-0.05, 0) is 61.7 Å². The van der Waals surface area contributed by atoms with E-state index in [1.807, 2.05) is 26.0 Å². The standard InChI is InChI=1S/C28H33N3O3/c1-21(2)34-28(32)26-8-5-13-29-27(26)31-16-14-30(15-17-31)19-23-9-11-24(12-10-23)20-33-25-7-4-6-22(3)18-25/h4-13,18,21H,14-17,19-20H2,1-3H3. The van der Waals surface area contributed by atoms with Crippen molar-refractivity contribution in [1.82, 2.24) is 9.88 Å². The first-order valence-corrected chi connectivity index (χ1v) is 11.9. The van der Waals surface area contributed by atoms with Gasteiger partial charge in [0.15, 0.2) is 0 Å². The Kier molecular flexibility index (Phi) is 7.80. The number of anilines is 1. The van der Waals surface area contributed by atoms with Gasteiger partial charge in [0, 0.05) is 38.9 Å². The van der Waals surface area contributed by atoms with Gasteiger partial charge in [0.25, 0.3) is 0 Å². The first-order valence-electron chi connectivity index (χ1n) is 11.9. The molecule has 0 spiro atoms. The molecule has 3 aromatic rings. The molecule has 0 radical (unpaired) electrons. The van der Waals surface area contributed by atoms with Gasteiger partial charge in [-0.25, -0.2) is 9.78 Å². The van der Waals surface area contributed by atoms with Crippen LogP contribution < -0.4 is 9.64 Å². The Morgan fingerprint density at radius 2 is 1.71 bits per heavy atom.